The molecule has 0 bridgehead atoms. The van der Waals surface area contributed by atoms with Gasteiger partial charge >= 0.3 is 5.97 Å². The molecule has 1 aliphatic heterocycles. The zero-order chi connectivity index (χ0) is 12.1. The molecule has 0 amide bonds. The molecule has 2 heterocycles. The van der Waals surface area contributed by atoms with Crippen molar-refractivity contribution in [3.05, 3.63) is 11.9 Å². The molecule has 0 saturated carbocycles. The predicted molar refractivity (Wildman–Crippen MR) is 56.3 cm³/mol. The number of hydrogen-bond donors (Lipinski definition) is 0. The van der Waals surface area contributed by atoms with Crippen molar-refractivity contribution in [2.24, 2.45) is 0 Å². The third-order valence-corrected chi connectivity index (χ3v) is 2.31. The molecule has 1 aromatic rings. The van der Waals surface area contributed by atoms with E-state index in [2.05, 4.69) is 10.3 Å². The Bertz CT molecular complexity index is 373. The van der Waals surface area contributed by atoms with Crippen LogP contribution >= 0.6 is 0 Å². The molecule has 0 unspecified atom stereocenters. The van der Waals surface area contributed by atoms with Gasteiger partial charge < -0.3 is 14.2 Å². The Hall–Kier alpha value is -1.47. The first kappa shape index (κ1) is 12.0. The monoisotopic (exact) mass is 241 g/mol. The summed E-state index contributed by atoms with van der Waals surface area (Å²) in [5.41, 5.74) is 0.222. The second kappa shape index (κ2) is 5.74. The van der Waals surface area contributed by atoms with Gasteiger partial charge in [-0.3, -0.25) is 4.68 Å². The van der Waals surface area contributed by atoms with Crippen molar-refractivity contribution in [1.82, 2.24) is 15.0 Å². The van der Waals surface area contributed by atoms with Crippen molar-refractivity contribution in [2.45, 2.75) is 26.2 Å². The molecule has 0 aliphatic carbocycles. The quantitative estimate of drug-likeness (QED) is 0.686. The fourth-order valence-electron chi connectivity index (χ4n) is 1.52. The molecule has 17 heavy (non-hydrogen) atoms. The van der Waals surface area contributed by atoms with Crippen molar-refractivity contribution in [1.29, 1.82) is 0 Å². The molecule has 1 fully saturated rings. The number of aromatic nitrogens is 3. The lowest BCUT2D eigenvalue weighted by Crippen LogP contribution is -2.12. The van der Waals surface area contributed by atoms with Gasteiger partial charge in [-0.15, -0.1) is 5.10 Å². The minimum Gasteiger partial charge on any atom is -0.461 e. The minimum atomic E-state index is -0.452. The van der Waals surface area contributed by atoms with Crippen LogP contribution in [0.1, 0.15) is 23.8 Å². The third-order valence-electron chi connectivity index (χ3n) is 2.31. The summed E-state index contributed by atoms with van der Waals surface area (Å²) in [5, 5.41) is 7.57. The third kappa shape index (κ3) is 3.24. The highest BCUT2D eigenvalue weighted by Gasteiger charge is 2.17. The summed E-state index contributed by atoms with van der Waals surface area (Å²) in [6.45, 7) is 3.94. The van der Waals surface area contributed by atoms with Crippen LogP contribution in [0.5, 0.6) is 0 Å². The van der Waals surface area contributed by atoms with Gasteiger partial charge in [0.25, 0.3) is 0 Å². The number of ether oxygens (including phenoxy) is 3. The first-order valence-corrected chi connectivity index (χ1v) is 5.60. The lowest BCUT2D eigenvalue weighted by atomic mass is 10.4. The number of aryl methyl sites for hydroxylation is 1. The van der Waals surface area contributed by atoms with Gasteiger partial charge in [0.15, 0.2) is 12.0 Å². The highest BCUT2D eigenvalue weighted by atomic mass is 16.7. The second-order valence-corrected chi connectivity index (χ2v) is 3.55. The van der Waals surface area contributed by atoms with E-state index >= 15 is 0 Å². The summed E-state index contributed by atoms with van der Waals surface area (Å²) in [7, 11) is 0. The van der Waals surface area contributed by atoms with Crippen LogP contribution < -0.4 is 0 Å². The van der Waals surface area contributed by atoms with Crippen LogP contribution in [0.15, 0.2) is 6.20 Å². The summed E-state index contributed by atoms with van der Waals surface area (Å²) in [6, 6.07) is 0. The van der Waals surface area contributed by atoms with Crippen LogP contribution in [0.2, 0.25) is 0 Å². The molecule has 2 rings (SSSR count). The fraction of sp³-hybridized carbons (Fsp3) is 0.700. The van der Waals surface area contributed by atoms with E-state index in [9.17, 15) is 4.79 Å². The number of carbonyl (C=O) groups is 1. The number of rotatable bonds is 5. The Balaban J connectivity index is 1.83. The van der Waals surface area contributed by atoms with Gasteiger partial charge in [0, 0.05) is 13.0 Å². The summed E-state index contributed by atoms with van der Waals surface area (Å²) >= 11 is 0. The normalized spacial score (nSPS) is 16.3. The van der Waals surface area contributed by atoms with E-state index in [0.29, 0.717) is 32.8 Å². The molecule has 0 radical (unpaired) electrons. The van der Waals surface area contributed by atoms with E-state index in [-0.39, 0.29) is 12.0 Å². The maximum Gasteiger partial charge on any atom is 0.360 e. The highest BCUT2D eigenvalue weighted by Crippen LogP contribution is 2.09. The number of nitrogens with zero attached hydrogens (tertiary/aromatic N) is 3. The summed E-state index contributed by atoms with van der Waals surface area (Å²) < 4.78 is 17.0. The molecular weight excluding hydrogens is 226 g/mol. The maximum atomic E-state index is 11.3. The van der Waals surface area contributed by atoms with Crippen LogP contribution in [-0.4, -0.2) is 47.1 Å². The van der Waals surface area contributed by atoms with Gasteiger partial charge in [-0.2, -0.15) is 0 Å². The van der Waals surface area contributed by atoms with E-state index in [1.807, 2.05) is 0 Å². The molecule has 0 atom stereocenters. The lowest BCUT2D eigenvalue weighted by molar-refractivity contribution is -0.0496. The lowest BCUT2D eigenvalue weighted by Gasteiger charge is -2.07. The Morgan fingerprint density at radius 1 is 1.59 bits per heavy atom. The maximum absolute atomic E-state index is 11.3. The minimum absolute atomic E-state index is 0.176. The van der Waals surface area contributed by atoms with Gasteiger partial charge in [-0.25, -0.2) is 4.79 Å². The van der Waals surface area contributed by atoms with Crippen molar-refractivity contribution < 1.29 is 19.0 Å². The largest absolute Gasteiger partial charge is 0.461 e. The number of carbonyl (C=O) groups excluding carboxylic acids is 1. The first-order chi connectivity index (χ1) is 8.29. The average molecular weight is 241 g/mol. The van der Waals surface area contributed by atoms with Gasteiger partial charge in [0.05, 0.1) is 26.0 Å². The second-order valence-electron chi connectivity index (χ2n) is 3.55. The SMILES string of the molecule is CCOC(=O)c1cn(CCC2OCCO2)nn1. The van der Waals surface area contributed by atoms with Gasteiger partial charge in [0.1, 0.15) is 0 Å². The predicted octanol–water partition coefficient (Wildman–Crippen LogP) is 0.218. The van der Waals surface area contributed by atoms with Crippen LogP contribution in [0.3, 0.4) is 0 Å². The smallest absolute Gasteiger partial charge is 0.360 e. The molecule has 1 aromatic heterocycles. The Kier molecular flexibility index (Phi) is 4.05. The van der Waals surface area contributed by atoms with Crippen LogP contribution in [0.25, 0.3) is 0 Å². The fourth-order valence-corrected chi connectivity index (χ4v) is 1.52. The van der Waals surface area contributed by atoms with Crippen molar-refractivity contribution in [2.75, 3.05) is 19.8 Å². The molecule has 0 N–H and O–H groups in total. The van der Waals surface area contributed by atoms with Crippen molar-refractivity contribution in [3.63, 3.8) is 0 Å². The Labute approximate surface area is 98.6 Å². The Morgan fingerprint density at radius 2 is 2.35 bits per heavy atom. The zero-order valence-electron chi connectivity index (χ0n) is 9.66. The summed E-state index contributed by atoms with van der Waals surface area (Å²) in [5.74, 6) is -0.452. The van der Waals surface area contributed by atoms with E-state index in [4.69, 9.17) is 14.2 Å². The first-order valence-electron chi connectivity index (χ1n) is 5.60. The molecule has 0 aromatic carbocycles. The number of esters is 1. The molecule has 1 saturated heterocycles. The molecule has 7 heteroatoms. The molecule has 1 aliphatic rings. The molecule has 7 nitrogen and oxygen atoms in total. The van der Waals surface area contributed by atoms with Gasteiger partial charge in [0.2, 0.25) is 0 Å². The Morgan fingerprint density at radius 3 is 3.06 bits per heavy atom. The summed E-state index contributed by atoms with van der Waals surface area (Å²) in [6.07, 6.45) is 2.07. The molecule has 94 valence electrons. The van der Waals surface area contributed by atoms with E-state index < -0.39 is 5.97 Å². The van der Waals surface area contributed by atoms with Crippen molar-refractivity contribution >= 4 is 5.97 Å². The topological polar surface area (TPSA) is 75.5 Å². The summed E-state index contributed by atoms with van der Waals surface area (Å²) in [4.78, 5) is 11.3. The van der Waals surface area contributed by atoms with Crippen LogP contribution in [0.4, 0.5) is 0 Å². The van der Waals surface area contributed by atoms with E-state index in [1.165, 1.54) is 0 Å². The van der Waals surface area contributed by atoms with Crippen LogP contribution in [-0.2, 0) is 20.8 Å². The molecular formula is C10H15N3O4. The van der Waals surface area contributed by atoms with Gasteiger partial charge in [-0.05, 0) is 6.92 Å². The zero-order valence-corrected chi connectivity index (χ0v) is 9.66. The van der Waals surface area contributed by atoms with Crippen LogP contribution in [0, 0.1) is 0 Å². The van der Waals surface area contributed by atoms with E-state index in [1.54, 1.807) is 17.8 Å². The average Bonchev–Trinajstić information content (AvgIpc) is 2.98. The van der Waals surface area contributed by atoms with E-state index in [0.717, 1.165) is 0 Å². The number of hydrogen-bond acceptors (Lipinski definition) is 6. The molecule has 0 spiro atoms. The standard InChI is InChI=1S/C10H15N3O4/c1-2-15-10(14)8-7-13(12-11-8)4-3-9-16-5-6-17-9/h7,9H,2-6H2,1H3. The highest BCUT2D eigenvalue weighted by molar-refractivity contribution is 5.86. The van der Waals surface area contributed by atoms with Gasteiger partial charge in [-0.1, -0.05) is 5.21 Å². The van der Waals surface area contributed by atoms with Crippen molar-refractivity contribution in [3.8, 4) is 0 Å².